The van der Waals surface area contributed by atoms with Crippen LogP contribution in [0.25, 0.3) is 0 Å². The number of hydrogen-bond acceptors (Lipinski definition) is 4. The molecule has 1 aliphatic heterocycles. The quantitative estimate of drug-likeness (QED) is 0.845. The van der Waals surface area contributed by atoms with E-state index in [0.717, 1.165) is 31.7 Å². The minimum atomic E-state index is -0.417. The van der Waals surface area contributed by atoms with E-state index < -0.39 is 5.60 Å². The van der Waals surface area contributed by atoms with Gasteiger partial charge in [-0.1, -0.05) is 0 Å². The van der Waals surface area contributed by atoms with Gasteiger partial charge < -0.3 is 14.7 Å². The first kappa shape index (κ1) is 14.6. The van der Waals surface area contributed by atoms with Gasteiger partial charge in [0.2, 0.25) is 0 Å². The Balaban J connectivity index is 2.29. The smallest absolute Gasteiger partial charge is 0.410 e. The van der Waals surface area contributed by atoms with Gasteiger partial charge in [-0.15, -0.1) is 0 Å². The van der Waals surface area contributed by atoms with Crippen molar-refractivity contribution in [2.45, 2.75) is 44.5 Å². The average Bonchev–Trinajstić information content (AvgIpc) is 2.24. The Kier molecular flexibility index (Phi) is 5.59. The minimum absolute atomic E-state index is 0.205. The summed E-state index contributed by atoms with van der Waals surface area (Å²) in [5.74, 6) is 0.789. The summed E-state index contributed by atoms with van der Waals surface area (Å²) in [6, 6.07) is 0. The van der Waals surface area contributed by atoms with E-state index in [1.165, 1.54) is 0 Å². The number of piperidine rings is 1. The number of nitrogens with zero attached hydrogens (tertiary/aromatic N) is 1. The van der Waals surface area contributed by atoms with Crippen LogP contribution in [-0.2, 0) is 4.74 Å². The number of ether oxygens (including phenoxy) is 1. The highest BCUT2D eigenvalue weighted by molar-refractivity contribution is 7.99. The Hall–Kier alpha value is -0.420. The van der Waals surface area contributed by atoms with Crippen molar-refractivity contribution in [3.8, 4) is 0 Å². The van der Waals surface area contributed by atoms with E-state index in [0.29, 0.717) is 5.25 Å². The molecule has 100 valence electrons. The van der Waals surface area contributed by atoms with Crippen molar-refractivity contribution < 1.29 is 14.6 Å². The predicted octanol–water partition coefficient (Wildman–Crippen LogP) is 2.11. The summed E-state index contributed by atoms with van der Waals surface area (Å²) in [6.07, 6.45) is 1.77. The molecule has 1 heterocycles. The third kappa shape index (κ3) is 5.64. The molecule has 0 aliphatic carbocycles. The molecule has 1 aliphatic rings. The number of carbonyl (C=O) groups is 1. The summed E-state index contributed by atoms with van der Waals surface area (Å²) in [5, 5.41) is 9.33. The van der Waals surface area contributed by atoms with Crippen molar-refractivity contribution in [1.82, 2.24) is 4.90 Å². The first-order chi connectivity index (χ1) is 7.92. The molecular weight excluding hydrogens is 238 g/mol. The molecular formula is C12H23NO3S. The zero-order valence-corrected chi connectivity index (χ0v) is 11.8. The fourth-order valence-corrected chi connectivity index (χ4v) is 2.73. The van der Waals surface area contributed by atoms with Gasteiger partial charge in [0.1, 0.15) is 5.60 Å². The molecule has 0 saturated carbocycles. The van der Waals surface area contributed by atoms with Gasteiger partial charge in [-0.3, -0.25) is 0 Å². The second-order valence-electron chi connectivity index (χ2n) is 5.26. The Labute approximate surface area is 108 Å². The van der Waals surface area contributed by atoms with Crippen LogP contribution in [0.1, 0.15) is 33.6 Å². The lowest BCUT2D eigenvalue weighted by Gasteiger charge is -2.33. The fraction of sp³-hybridized carbons (Fsp3) is 0.917. The van der Waals surface area contributed by atoms with Crippen LogP contribution in [0.2, 0.25) is 0 Å². The van der Waals surface area contributed by atoms with Gasteiger partial charge in [-0.05, 0) is 33.6 Å². The van der Waals surface area contributed by atoms with E-state index >= 15 is 0 Å². The standard InChI is InChI=1S/C12H23NO3S/c1-12(2,3)16-11(15)13-6-4-10(5-7-13)17-9-8-14/h10,14H,4-9H2,1-3H3. The maximum Gasteiger partial charge on any atom is 0.410 e. The maximum absolute atomic E-state index is 11.8. The largest absolute Gasteiger partial charge is 0.444 e. The van der Waals surface area contributed by atoms with Gasteiger partial charge in [0.15, 0.2) is 0 Å². The highest BCUT2D eigenvalue weighted by Crippen LogP contribution is 2.24. The molecule has 1 N–H and O–H groups in total. The molecule has 1 amide bonds. The molecule has 1 fully saturated rings. The Morgan fingerprint density at radius 3 is 2.47 bits per heavy atom. The first-order valence-electron chi connectivity index (χ1n) is 6.13. The van der Waals surface area contributed by atoms with Crippen molar-refractivity contribution in [1.29, 1.82) is 0 Å². The van der Waals surface area contributed by atoms with Crippen LogP contribution < -0.4 is 0 Å². The second kappa shape index (κ2) is 6.50. The first-order valence-corrected chi connectivity index (χ1v) is 7.17. The summed E-state index contributed by atoms with van der Waals surface area (Å²) in [7, 11) is 0. The molecule has 4 nitrogen and oxygen atoms in total. The fourth-order valence-electron chi connectivity index (χ4n) is 1.75. The maximum atomic E-state index is 11.8. The third-order valence-corrected chi connectivity index (χ3v) is 3.90. The van der Waals surface area contributed by atoms with Crippen LogP contribution in [0.5, 0.6) is 0 Å². The van der Waals surface area contributed by atoms with E-state index in [4.69, 9.17) is 9.84 Å². The normalized spacial score (nSPS) is 18.2. The Morgan fingerprint density at radius 2 is 2.00 bits per heavy atom. The Bertz CT molecular complexity index is 245. The van der Waals surface area contributed by atoms with E-state index in [1.54, 1.807) is 16.7 Å². The van der Waals surface area contributed by atoms with Gasteiger partial charge in [-0.25, -0.2) is 4.79 Å². The highest BCUT2D eigenvalue weighted by Gasteiger charge is 2.26. The number of carbonyl (C=O) groups excluding carboxylic acids is 1. The molecule has 0 unspecified atom stereocenters. The zero-order valence-electron chi connectivity index (χ0n) is 10.9. The molecule has 0 aromatic carbocycles. The number of rotatable bonds is 3. The molecule has 0 bridgehead atoms. The van der Waals surface area contributed by atoms with E-state index in [1.807, 2.05) is 20.8 Å². The summed E-state index contributed by atoms with van der Waals surface area (Å²) in [4.78, 5) is 13.6. The number of likely N-dealkylation sites (tertiary alicyclic amines) is 1. The minimum Gasteiger partial charge on any atom is -0.444 e. The van der Waals surface area contributed by atoms with E-state index in [2.05, 4.69) is 0 Å². The van der Waals surface area contributed by atoms with Gasteiger partial charge in [0.05, 0.1) is 6.61 Å². The van der Waals surface area contributed by atoms with Gasteiger partial charge >= 0.3 is 6.09 Å². The molecule has 0 spiro atoms. The highest BCUT2D eigenvalue weighted by atomic mass is 32.2. The van der Waals surface area contributed by atoms with Crippen molar-refractivity contribution >= 4 is 17.9 Å². The Morgan fingerprint density at radius 1 is 1.41 bits per heavy atom. The molecule has 1 rings (SSSR count). The van der Waals surface area contributed by atoms with Crippen molar-refractivity contribution in [3.63, 3.8) is 0 Å². The van der Waals surface area contributed by atoms with Crippen LogP contribution in [0, 0.1) is 0 Å². The predicted molar refractivity (Wildman–Crippen MR) is 70.4 cm³/mol. The molecule has 5 heteroatoms. The lowest BCUT2D eigenvalue weighted by molar-refractivity contribution is 0.0219. The molecule has 0 radical (unpaired) electrons. The van der Waals surface area contributed by atoms with E-state index in [9.17, 15) is 4.79 Å². The van der Waals surface area contributed by atoms with Crippen molar-refractivity contribution in [3.05, 3.63) is 0 Å². The topological polar surface area (TPSA) is 49.8 Å². The molecule has 0 aromatic rings. The van der Waals surface area contributed by atoms with E-state index in [-0.39, 0.29) is 12.7 Å². The number of thioether (sulfide) groups is 1. The monoisotopic (exact) mass is 261 g/mol. The zero-order chi connectivity index (χ0) is 12.9. The number of hydrogen-bond donors (Lipinski definition) is 1. The number of amides is 1. The van der Waals surface area contributed by atoms with Crippen LogP contribution >= 0.6 is 11.8 Å². The lowest BCUT2D eigenvalue weighted by Crippen LogP contribution is -2.42. The van der Waals surface area contributed by atoms with Crippen LogP contribution in [0.3, 0.4) is 0 Å². The molecule has 0 atom stereocenters. The summed E-state index contributed by atoms with van der Waals surface area (Å²) < 4.78 is 5.33. The second-order valence-corrected chi connectivity index (χ2v) is 6.67. The van der Waals surface area contributed by atoms with Gasteiger partial charge in [-0.2, -0.15) is 11.8 Å². The third-order valence-electron chi connectivity index (χ3n) is 2.54. The van der Waals surface area contributed by atoms with Gasteiger partial charge in [0, 0.05) is 24.1 Å². The number of aliphatic hydroxyl groups is 1. The molecule has 0 aromatic heterocycles. The van der Waals surface area contributed by atoms with Crippen LogP contribution in [0.15, 0.2) is 0 Å². The average molecular weight is 261 g/mol. The van der Waals surface area contributed by atoms with Crippen LogP contribution in [-0.4, -0.2) is 52.4 Å². The SMILES string of the molecule is CC(C)(C)OC(=O)N1CCC(SCCO)CC1. The summed E-state index contributed by atoms with van der Waals surface area (Å²) in [6.45, 7) is 7.41. The van der Waals surface area contributed by atoms with Crippen molar-refractivity contribution in [2.75, 3.05) is 25.4 Å². The molecule has 17 heavy (non-hydrogen) atoms. The van der Waals surface area contributed by atoms with Crippen molar-refractivity contribution in [2.24, 2.45) is 0 Å². The van der Waals surface area contributed by atoms with Gasteiger partial charge in [0.25, 0.3) is 0 Å². The summed E-state index contributed by atoms with van der Waals surface area (Å²) in [5.41, 5.74) is -0.417. The number of aliphatic hydroxyl groups excluding tert-OH is 1. The molecule has 1 saturated heterocycles. The summed E-state index contributed by atoms with van der Waals surface area (Å²) >= 11 is 1.80. The lowest BCUT2D eigenvalue weighted by atomic mass is 10.1. The van der Waals surface area contributed by atoms with Crippen LogP contribution in [0.4, 0.5) is 4.79 Å².